The number of nitrogens with zero attached hydrogens (tertiary/aromatic N) is 1. The van der Waals surface area contributed by atoms with E-state index in [0.717, 1.165) is 44.9 Å². The molecule has 0 N–H and O–H groups in total. The van der Waals surface area contributed by atoms with E-state index in [-0.39, 0.29) is 42.7 Å². The summed E-state index contributed by atoms with van der Waals surface area (Å²) in [6.45, 7) is 4.66. The second kappa shape index (κ2) is 41.5. The molecule has 0 rings (SSSR count). The summed E-state index contributed by atoms with van der Waals surface area (Å²) in [4.78, 5) is 36.9. The molecule has 0 radical (unpaired) electrons. The lowest BCUT2D eigenvalue weighted by Crippen LogP contribution is -2.55. The van der Waals surface area contributed by atoms with E-state index in [1.807, 2.05) is 0 Å². The average Bonchev–Trinajstić information content (AvgIpc) is 3.18. The molecule has 0 fully saturated rings. The second-order valence-corrected chi connectivity index (χ2v) is 17.7. The molecule has 0 aliphatic carbocycles. The van der Waals surface area contributed by atoms with Crippen LogP contribution < -0.4 is 5.11 Å². The average molecular weight is 820 g/mol. The van der Waals surface area contributed by atoms with Crippen molar-refractivity contribution < 1.29 is 38.2 Å². The Balaban J connectivity index is 4.26. The Bertz CT molecular complexity index is 1000. The molecule has 0 amide bonds. The third kappa shape index (κ3) is 39.3. The quantitative estimate of drug-likeness (QED) is 0.0261. The molecule has 8 nitrogen and oxygen atoms in total. The van der Waals surface area contributed by atoms with Gasteiger partial charge in [0.15, 0.2) is 6.10 Å². The number of carboxylic acid groups (broad SMARTS) is 1. The number of likely N-dealkylation sites (N-methyl/N-ethyl adjacent to an activating group) is 1. The van der Waals surface area contributed by atoms with Gasteiger partial charge in [-0.1, -0.05) is 186 Å². The zero-order valence-corrected chi connectivity index (χ0v) is 38.7. The summed E-state index contributed by atoms with van der Waals surface area (Å²) in [5.74, 6) is -1.73. The molecule has 2 unspecified atom stereocenters. The molecule has 0 heterocycles. The number of carboxylic acids is 1. The summed E-state index contributed by atoms with van der Waals surface area (Å²) in [5, 5.41) is 11.6. The van der Waals surface area contributed by atoms with Crippen molar-refractivity contribution >= 4 is 17.9 Å². The lowest BCUT2D eigenvalue weighted by atomic mass is 10.0. The van der Waals surface area contributed by atoms with Crippen LogP contribution in [0.4, 0.5) is 0 Å². The van der Waals surface area contributed by atoms with Crippen LogP contribution in [0.25, 0.3) is 0 Å². The smallest absolute Gasteiger partial charge is 0.306 e. The van der Waals surface area contributed by atoms with E-state index < -0.39 is 18.1 Å². The summed E-state index contributed by atoms with van der Waals surface area (Å²) >= 11 is 0. The van der Waals surface area contributed by atoms with Crippen molar-refractivity contribution in [2.24, 2.45) is 0 Å². The Morgan fingerprint density at radius 2 is 0.914 bits per heavy atom. The highest BCUT2D eigenvalue weighted by atomic mass is 16.6. The van der Waals surface area contributed by atoms with E-state index in [4.69, 9.17) is 14.2 Å². The number of carbonyl (C=O) groups is 3. The van der Waals surface area contributed by atoms with E-state index in [0.29, 0.717) is 12.8 Å². The van der Waals surface area contributed by atoms with Crippen molar-refractivity contribution in [2.45, 2.75) is 238 Å². The minimum absolute atomic E-state index is 0.0434. The van der Waals surface area contributed by atoms with Gasteiger partial charge in [0, 0.05) is 19.3 Å². The number of ether oxygens (including phenoxy) is 3. The minimum atomic E-state index is -1.12. The Hall–Kier alpha value is -2.19. The fourth-order valence-electron chi connectivity index (χ4n) is 7.28. The standard InChI is InChI=1S/C50H93NO7/c1-6-8-10-12-14-16-18-20-22-23-24-25-27-29-31-33-35-37-39-41-49(53)58-46(44-56-43-42-47(50(54)55)51(3,4)5)45-57-48(52)40-38-36-34-32-30-28-26-21-19-17-15-13-11-9-7-2/h14,16,20,22,46-47H,6-13,15,17-19,21,23-45H2,1-5H3/b16-14-,22-20-. The van der Waals surface area contributed by atoms with E-state index in [1.165, 1.54) is 148 Å². The van der Waals surface area contributed by atoms with Gasteiger partial charge in [-0.2, -0.15) is 0 Å². The SMILES string of the molecule is CCCCC/C=C\C/C=C\CCCCCCCCCCCC(=O)OC(COCCC(C(=O)[O-])[N+](C)(C)C)COC(=O)CCCCCCCCCCCCCCCCC. The second-order valence-electron chi connectivity index (χ2n) is 17.7. The van der Waals surface area contributed by atoms with Gasteiger partial charge in [-0.15, -0.1) is 0 Å². The molecule has 0 spiro atoms. The molecule has 0 bridgehead atoms. The Kier molecular flexibility index (Phi) is 40.0. The molecule has 340 valence electrons. The molecule has 0 aromatic heterocycles. The highest BCUT2D eigenvalue weighted by Crippen LogP contribution is 2.16. The van der Waals surface area contributed by atoms with Crippen LogP contribution >= 0.6 is 0 Å². The lowest BCUT2D eigenvalue weighted by molar-refractivity contribution is -0.889. The van der Waals surface area contributed by atoms with Crippen molar-refractivity contribution in [1.29, 1.82) is 0 Å². The molecule has 0 saturated heterocycles. The highest BCUT2D eigenvalue weighted by Gasteiger charge is 2.25. The normalized spacial score (nSPS) is 13.1. The number of carbonyl (C=O) groups excluding carboxylic acids is 3. The van der Waals surface area contributed by atoms with Crippen molar-refractivity contribution in [3.63, 3.8) is 0 Å². The van der Waals surface area contributed by atoms with Gasteiger partial charge in [-0.05, 0) is 44.9 Å². The van der Waals surface area contributed by atoms with Crippen LogP contribution in [-0.4, -0.2) is 75.5 Å². The van der Waals surface area contributed by atoms with Crippen molar-refractivity contribution in [3.8, 4) is 0 Å². The van der Waals surface area contributed by atoms with Crippen LogP contribution in [-0.2, 0) is 28.6 Å². The Morgan fingerprint density at radius 1 is 0.517 bits per heavy atom. The lowest BCUT2D eigenvalue weighted by Gasteiger charge is -2.34. The van der Waals surface area contributed by atoms with Crippen molar-refractivity contribution in [3.05, 3.63) is 24.3 Å². The molecule has 58 heavy (non-hydrogen) atoms. The first-order valence-electron chi connectivity index (χ1n) is 24.4. The summed E-state index contributed by atoms with van der Waals surface area (Å²) in [6, 6.07) is -0.724. The van der Waals surface area contributed by atoms with E-state index in [1.54, 1.807) is 21.1 Å². The molecule has 0 aliphatic heterocycles. The molecule has 0 aromatic rings. The van der Waals surface area contributed by atoms with Gasteiger partial charge in [0.05, 0.1) is 40.3 Å². The third-order valence-corrected chi connectivity index (χ3v) is 11.1. The Labute approximate surface area is 358 Å². The van der Waals surface area contributed by atoms with Crippen LogP contribution in [0.1, 0.15) is 226 Å². The van der Waals surface area contributed by atoms with Gasteiger partial charge in [0.25, 0.3) is 0 Å². The first-order valence-corrected chi connectivity index (χ1v) is 24.4. The first kappa shape index (κ1) is 55.8. The number of rotatable bonds is 44. The number of esters is 2. The van der Waals surface area contributed by atoms with Gasteiger partial charge in [0.1, 0.15) is 12.6 Å². The molecular weight excluding hydrogens is 727 g/mol. The third-order valence-electron chi connectivity index (χ3n) is 11.1. The number of hydrogen-bond donors (Lipinski definition) is 0. The van der Waals surface area contributed by atoms with Crippen LogP contribution in [0.5, 0.6) is 0 Å². The van der Waals surface area contributed by atoms with Crippen molar-refractivity contribution in [1.82, 2.24) is 0 Å². The summed E-state index contributed by atoms with van der Waals surface area (Å²) in [6.07, 6.45) is 46.2. The fraction of sp³-hybridized carbons (Fsp3) is 0.860. The molecular formula is C50H93NO7. The van der Waals surface area contributed by atoms with Gasteiger partial charge in [-0.3, -0.25) is 9.59 Å². The van der Waals surface area contributed by atoms with Gasteiger partial charge >= 0.3 is 11.9 Å². The predicted octanol–water partition coefficient (Wildman–Crippen LogP) is 12.3. The van der Waals surface area contributed by atoms with Gasteiger partial charge in [-0.25, -0.2) is 0 Å². The number of aliphatic carboxylic acids is 1. The first-order chi connectivity index (χ1) is 28.1. The number of unbranched alkanes of at least 4 members (excludes halogenated alkanes) is 26. The zero-order valence-electron chi connectivity index (χ0n) is 38.7. The zero-order chi connectivity index (χ0) is 42.8. The summed E-state index contributed by atoms with van der Waals surface area (Å²) in [5.41, 5.74) is 0. The maximum atomic E-state index is 12.8. The van der Waals surface area contributed by atoms with Crippen LogP contribution in [0.3, 0.4) is 0 Å². The van der Waals surface area contributed by atoms with E-state index in [9.17, 15) is 19.5 Å². The summed E-state index contributed by atoms with van der Waals surface area (Å²) < 4.78 is 17.2. The molecule has 0 saturated carbocycles. The van der Waals surface area contributed by atoms with E-state index in [2.05, 4.69) is 38.2 Å². The number of quaternary nitrogens is 1. The fourth-order valence-corrected chi connectivity index (χ4v) is 7.28. The monoisotopic (exact) mass is 820 g/mol. The predicted molar refractivity (Wildman–Crippen MR) is 240 cm³/mol. The maximum absolute atomic E-state index is 12.8. The minimum Gasteiger partial charge on any atom is -0.544 e. The largest absolute Gasteiger partial charge is 0.544 e. The number of hydrogen-bond acceptors (Lipinski definition) is 7. The highest BCUT2D eigenvalue weighted by molar-refractivity contribution is 5.70. The topological polar surface area (TPSA) is 102 Å². The maximum Gasteiger partial charge on any atom is 0.306 e. The van der Waals surface area contributed by atoms with Crippen LogP contribution in [0, 0.1) is 0 Å². The summed E-state index contributed by atoms with van der Waals surface area (Å²) in [7, 11) is 5.42. The number of allylic oxidation sites excluding steroid dienone is 4. The molecule has 8 heteroatoms. The van der Waals surface area contributed by atoms with E-state index >= 15 is 0 Å². The van der Waals surface area contributed by atoms with Crippen molar-refractivity contribution in [2.75, 3.05) is 41.0 Å². The van der Waals surface area contributed by atoms with Gasteiger partial charge in [0.2, 0.25) is 0 Å². The van der Waals surface area contributed by atoms with Gasteiger partial charge < -0.3 is 28.6 Å². The Morgan fingerprint density at radius 3 is 1.36 bits per heavy atom. The molecule has 0 aliphatic rings. The molecule has 0 aromatic carbocycles. The molecule has 2 atom stereocenters. The van der Waals surface area contributed by atoms with Crippen LogP contribution in [0.2, 0.25) is 0 Å². The van der Waals surface area contributed by atoms with Crippen LogP contribution in [0.15, 0.2) is 24.3 Å².